The zero-order chi connectivity index (χ0) is 9.31. The zero-order valence-electron chi connectivity index (χ0n) is 7.77. The molecule has 0 radical (unpaired) electrons. The first-order chi connectivity index (χ1) is 6.22. The molecule has 0 N–H and O–H groups in total. The van der Waals surface area contributed by atoms with E-state index in [2.05, 4.69) is 31.9 Å². The van der Waals surface area contributed by atoms with E-state index in [1.807, 2.05) is 0 Å². The smallest absolute Gasteiger partial charge is 0.0684 e. The maximum absolute atomic E-state index is 5.92. The minimum absolute atomic E-state index is 0.258. The quantitative estimate of drug-likeness (QED) is 0.621. The predicted molar refractivity (Wildman–Crippen MR) is 61.8 cm³/mol. The van der Waals surface area contributed by atoms with Gasteiger partial charge in [-0.1, -0.05) is 31.9 Å². The van der Waals surface area contributed by atoms with E-state index in [1.165, 1.54) is 38.5 Å². The summed E-state index contributed by atoms with van der Waals surface area (Å²) < 4.78 is 5.92. The van der Waals surface area contributed by atoms with E-state index in [9.17, 15) is 0 Å². The molecule has 13 heavy (non-hydrogen) atoms. The summed E-state index contributed by atoms with van der Waals surface area (Å²) in [5.41, 5.74) is 0.258. The van der Waals surface area contributed by atoms with Gasteiger partial charge < -0.3 is 4.74 Å². The highest BCUT2D eigenvalue weighted by Gasteiger charge is 2.38. The molecule has 2 atom stereocenters. The molecule has 2 rings (SSSR count). The van der Waals surface area contributed by atoms with Gasteiger partial charge in [-0.3, -0.25) is 0 Å². The minimum atomic E-state index is 0.258. The van der Waals surface area contributed by atoms with Gasteiger partial charge in [-0.15, -0.1) is 0 Å². The summed E-state index contributed by atoms with van der Waals surface area (Å²) in [5.74, 6) is 0. The molecule has 1 spiro atoms. The molecule has 1 saturated heterocycles. The molecule has 0 amide bonds. The summed E-state index contributed by atoms with van der Waals surface area (Å²) in [6.45, 7) is 0.986. The summed E-state index contributed by atoms with van der Waals surface area (Å²) in [7, 11) is 0. The third kappa shape index (κ3) is 2.29. The van der Waals surface area contributed by atoms with Crippen LogP contribution in [-0.4, -0.2) is 21.9 Å². The Balaban J connectivity index is 2.00. The molecule has 1 saturated carbocycles. The Morgan fingerprint density at radius 3 is 2.08 bits per heavy atom. The van der Waals surface area contributed by atoms with Crippen LogP contribution in [0.3, 0.4) is 0 Å². The second kappa shape index (κ2) is 4.19. The second-order valence-electron chi connectivity index (χ2n) is 4.24. The van der Waals surface area contributed by atoms with E-state index in [1.54, 1.807) is 0 Å². The average Bonchev–Trinajstić information content (AvgIpc) is 2.54. The molecule has 2 fully saturated rings. The molecule has 0 bridgehead atoms. The van der Waals surface area contributed by atoms with Crippen LogP contribution in [-0.2, 0) is 4.74 Å². The fourth-order valence-corrected chi connectivity index (χ4v) is 3.42. The van der Waals surface area contributed by atoms with Gasteiger partial charge in [0, 0.05) is 16.3 Å². The van der Waals surface area contributed by atoms with Crippen LogP contribution in [0.15, 0.2) is 0 Å². The summed E-state index contributed by atoms with van der Waals surface area (Å²) in [5, 5.41) is 0. The van der Waals surface area contributed by atoms with Crippen LogP contribution in [0.1, 0.15) is 38.5 Å². The average molecular weight is 312 g/mol. The molecule has 3 heteroatoms. The number of alkyl halides is 2. The lowest BCUT2D eigenvalue weighted by Gasteiger charge is -2.26. The molecule has 1 aliphatic heterocycles. The van der Waals surface area contributed by atoms with E-state index in [0.29, 0.717) is 9.65 Å². The van der Waals surface area contributed by atoms with Gasteiger partial charge in [-0.05, 0) is 38.5 Å². The Hall–Kier alpha value is 0.920. The third-order valence-electron chi connectivity index (χ3n) is 3.33. The summed E-state index contributed by atoms with van der Waals surface area (Å²) in [6, 6.07) is 0. The predicted octanol–water partition coefficient (Wildman–Crippen LogP) is 3.64. The van der Waals surface area contributed by atoms with Gasteiger partial charge in [0.05, 0.1) is 5.60 Å². The first-order valence-corrected chi connectivity index (χ1v) is 6.97. The maximum Gasteiger partial charge on any atom is 0.0684 e. The molecule has 1 heterocycles. The van der Waals surface area contributed by atoms with Gasteiger partial charge in [0.2, 0.25) is 0 Å². The first-order valence-electron chi connectivity index (χ1n) is 5.14. The van der Waals surface area contributed by atoms with E-state index in [0.717, 1.165) is 6.61 Å². The van der Waals surface area contributed by atoms with Crippen molar-refractivity contribution in [1.82, 2.24) is 0 Å². The molecule has 0 aromatic rings. The van der Waals surface area contributed by atoms with Gasteiger partial charge in [0.1, 0.15) is 0 Å². The molecule has 1 aliphatic carbocycles. The van der Waals surface area contributed by atoms with Crippen LogP contribution < -0.4 is 0 Å². The first kappa shape index (κ1) is 10.4. The van der Waals surface area contributed by atoms with Crippen molar-refractivity contribution in [2.75, 3.05) is 6.61 Å². The summed E-state index contributed by atoms with van der Waals surface area (Å²) >= 11 is 7.46. The highest BCUT2D eigenvalue weighted by molar-refractivity contribution is 9.12. The largest absolute Gasteiger partial charge is 0.375 e. The van der Waals surface area contributed by atoms with Crippen molar-refractivity contribution in [2.45, 2.75) is 53.8 Å². The maximum atomic E-state index is 5.92. The van der Waals surface area contributed by atoms with Crippen LogP contribution in [0.25, 0.3) is 0 Å². The molecule has 2 aliphatic rings. The van der Waals surface area contributed by atoms with Crippen LogP contribution >= 0.6 is 31.9 Å². The molecule has 1 nitrogen and oxygen atoms in total. The lowest BCUT2D eigenvalue weighted by Crippen LogP contribution is -2.26. The standard InChI is InChI=1S/C10H16Br2O/c11-8-2-5-10(4-1-7-13-10)6-3-9(8)12/h8-9H,1-7H2. The molecule has 76 valence electrons. The number of ether oxygens (including phenoxy) is 1. The Bertz CT molecular complexity index is 164. The molecular formula is C10H16Br2O. The van der Waals surface area contributed by atoms with Crippen molar-refractivity contribution >= 4 is 31.9 Å². The molecular weight excluding hydrogens is 296 g/mol. The van der Waals surface area contributed by atoms with Gasteiger partial charge in [0.15, 0.2) is 0 Å². The number of hydrogen-bond acceptors (Lipinski definition) is 1. The Morgan fingerprint density at radius 2 is 1.62 bits per heavy atom. The van der Waals surface area contributed by atoms with Gasteiger partial charge >= 0.3 is 0 Å². The Labute approximate surface area is 96.9 Å². The van der Waals surface area contributed by atoms with Gasteiger partial charge in [-0.25, -0.2) is 0 Å². The van der Waals surface area contributed by atoms with E-state index in [4.69, 9.17) is 4.74 Å². The van der Waals surface area contributed by atoms with Crippen LogP contribution in [0.5, 0.6) is 0 Å². The van der Waals surface area contributed by atoms with Crippen LogP contribution in [0, 0.1) is 0 Å². The lowest BCUT2D eigenvalue weighted by atomic mass is 9.91. The van der Waals surface area contributed by atoms with Crippen molar-refractivity contribution in [1.29, 1.82) is 0 Å². The van der Waals surface area contributed by atoms with Gasteiger partial charge in [-0.2, -0.15) is 0 Å². The summed E-state index contributed by atoms with van der Waals surface area (Å²) in [6.07, 6.45) is 7.52. The van der Waals surface area contributed by atoms with Crippen molar-refractivity contribution in [3.63, 3.8) is 0 Å². The van der Waals surface area contributed by atoms with Crippen molar-refractivity contribution in [2.24, 2.45) is 0 Å². The number of halogens is 2. The topological polar surface area (TPSA) is 9.23 Å². The van der Waals surface area contributed by atoms with Crippen molar-refractivity contribution in [3.05, 3.63) is 0 Å². The Kier molecular flexibility index (Phi) is 3.37. The normalized spacial score (nSPS) is 46.6. The van der Waals surface area contributed by atoms with Crippen LogP contribution in [0.2, 0.25) is 0 Å². The fourth-order valence-electron chi connectivity index (χ4n) is 2.44. The summed E-state index contributed by atoms with van der Waals surface area (Å²) in [4.78, 5) is 1.27. The van der Waals surface area contributed by atoms with Gasteiger partial charge in [0.25, 0.3) is 0 Å². The van der Waals surface area contributed by atoms with E-state index < -0.39 is 0 Å². The van der Waals surface area contributed by atoms with Crippen molar-refractivity contribution in [3.8, 4) is 0 Å². The monoisotopic (exact) mass is 310 g/mol. The molecule has 0 aromatic carbocycles. The minimum Gasteiger partial charge on any atom is -0.375 e. The zero-order valence-corrected chi connectivity index (χ0v) is 10.9. The van der Waals surface area contributed by atoms with Crippen molar-refractivity contribution < 1.29 is 4.74 Å². The number of hydrogen-bond donors (Lipinski definition) is 0. The highest BCUT2D eigenvalue weighted by atomic mass is 79.9. The lowest BCUT2D eigenvalue weighted by molar-refractivity contribution is -0.00759. The number of rotatable bonds is 0. The van der Waals surface area contributed by atoms with E-state index in [-0.39, 0.29) is 5.60 Å². The SMILES string of the molecule is BrC1CCC2(CCCO2)CCC1Br. The van der Waals surface area contributed by atoms with E-state index >= 15 is 0 Å². The molecule has 0 aromatic heterocycles. The van der Waals surface area contributed by atoms with Crippen LogP contribution in [0.4, 0.5) is 0 Å². The fraction of sp³-hybridized carbons (Fsp3) is 1.00. The highest BCUT2D eigenvalue weighted by Crippen LogP contribution is 2.41. The Morgan fingerprint density at radius 1 is 1.00 bits per heavy atom. The third-order valence-corrected chi connectivity index (χ3v) is 6.23. The second-order valence-corrected chi connectivity index (χ2v) is 6.60. The molecule has 2 unspecified atom stereocenters.